The van der Waals surface area contributed by atoms with Crippen LogP contribution in [0.4, 0.5) is 22.0 Å². The zero-order valence-corrected chi connectivity index (χ0v) is 30.7. The molecule has 1 saturated carbocycles. The fraction of sp³-hybridized carbons (Fsp3) is 0.214. The van der Waals surface area contributed by atoms with E-state index in [4.69, 9.17) is 0 Å². The molecule has 4 amide bonds. The van der Waals surface area contributed by atoms with Gasteiger partial charge in [-0.05, 0) is 61.6 Å². The van der Waals surface area contributed by atoms with E-state index < -0.39 is 99.3 Å². The molecule has 13 nitrogen and oxygen atoms in total. The van der Waals surface area contributed by atoms with Crippen LogP contribution in [0.1, 0.15) is 95.0 Å². The molecule has 0 N–H and O–H groups in total. The molecule has 2 aromatic heterocycles. The van der Waals surface area contributed by atoms with Crippen molar-refractivity contribution >= 4 is 51.0 Å². The minimum Gasteiger partial charge on any atom is -0.289 e. The summed E-state index contributed by atoms with van der Waals surface area (Å²) in [6, 6.07) is 8.83. The quantitative estimate of drug-likeness (QED) is 0.0719. The van der Waals surface area contributed by atoms with Crippen LogP contribution in [0, 0.1) is 35.0 Å². The molecule has 60 heavy (non-hydrogen) atoms. The third kappa shape index (κ3) is 5.46. The predicted molar refractivity (Wildman–Crippen MR) is 200 cm³/mol. The molecule has 2 aliphatic heterocycles. The SMILES string of the molecule is O=C(c1ccc2c(c1)C(=O)N(CCc1c(F)c(F)c(F)c(F)c1F)C2=O)c1ccc2c(c1)C(=O)N(n1c(=O)c3cc4c(=O)n(CC5CCCCC5)c(=O)c4cc3c1=O)C2=O. The van der Waals surface area contributed by atoms with Gasteiger partial charge in [-0.1, -0.05) is 31.4 Å². The number of rotatable bonds is 8. The minimum absolute atomic E-state index is 0.0856. The summed E-state index contributed by atoms with van der Waals surface area (Å²) in [6.07, 6.45) is 3.82. The number of carbonyl (C=O) groups excluding carboxylic acids is 5. The number of amides is 4. The number of nitrogens with zero attached hydrogens (tertiary/aromatic N) is 4. The van der Waals surface area contributed by atoms with Crippen LogP contribution in [0.3, 0.4) is 0 Å². The van der Waals surface area contributed by atoms with Crippen molar-refractivity contribution in [2.45, 2.75) is 45.1 Å². The van der Waals surface area contributed by atoms with E-state index in [-0.39, 0.29) is 67.4 Å². The Balaban J connectivity index is 0.981. The van der Waals surface area contributed by atoms with Crippen LogP contribution < -0.4 is 27.2 Å². The maximum atomic E-state index is 14.2. The van der Waals surface area contributed by atoms with E-state index in [0.717, 1.165) is 85.2 Å². The van der Waals surface area contributed by atoms with Crippen LogP contribution in [0.5, 0.6) is 0 Å². The van der Waals surface area contributed by atoms with Crippen molar-refractivity contribution in [1.29, 1.82) is 0 Å². The van der Waals surface area contributed by atoms with Crippen molar-refractivity contribution < 1.29 is 45.9 Å². The monoisotopic (exact) mass is 824 g/mol. The van der Waals surface area contributed by atoms with E-state index in [1.54, 1.807) is 0 Å². The molecule has 0 bridgehead atoms. The molecular weight excluding hydrogens is 799 g/mol. The number of hydrogen-bond donors (Lipinski definition) is 0. The van der Waals surface area contributed by atoms with E-state index in [2.05, 4.69) is 0 Å². The lowest BCUT2D eigenvalue weighted by Gasteiger charge is -2.21. The van der Waals surface area contributed by atoms with Crippen molar-refractivity contribution in [3.05, 3.63) is 158 Å². The van der Waals surface area contributed by atoms with Crippen molar-refractivity contribution in [2.75, 3.05) is 11.6 Å². The van der Waals surface area contributed by atoms with E-state index in [1.807, 2.05) is 0 Å². The van der Waals surface area contributed by atoms with Crippen molar-refractivity contribution in [3.63, 3.8) is 0 Å². The molecule has 6 aromatic rings. The third-order valence-electron chi connectivity index (χ3n) is 11.6. The fourth-order valence-electron chi connectivity index (χ4n) is 8.43. The highest BCUT2D eigenvalue weighted by molar-refractivity contribution is 6.31. The number of carbonyl (C=O) groups is 5. The average Bonchev–Trinajstić information content (AvgIpc) is 3.83. The molecule has 9 rings (SSSR count). The van der Waals surface area contributed by atoms with Gasteiger partial charge in [0, 0.05) is 29.8 Å². The first-order valence-corrected chi connectivity index (χ1v) is 18.6. The number of ketones is 1. The molecule has 4 aromatic carbocycles. The second kappa shape index (κ2) is 13.7. The maximum Gasteiger partial charge on any atom is 0.281 e. The lowest BCUT2D eigenvalue weighted by molar-refractivity contribution is 0.0654. The molecule has 0 radical (unpaired) electrons. The van der Waals surface area contributed by atoms with Crippen LogP contribution in [0.2, 0.25) is 0 Å². The van der Waals surface area contributed by atoms with Gasteiger partial charge >= 0.3 is 0 Å². The Morgan fingerprint density at radius 2 is 0.983 bits per heavy atom. The Labute approximate surface area is 331 Å². The first-order chi connectivity index (χ1) is 28.6. The maximum absolute atomic E-state index is 14.2. The fourth-order valence-corrected chi connectivity index (χ4v) is 8.43. The standard InChI is InChI=1S/C42H25F5N4O9/c43-29-22(30(44)32(46)33(47)31(29)45)10-11-48-35(53)20-8-6-18(12-23(20)36(48)54)34(52)19-7-9-21-24(13-19)40(58)50(39(21)57)51-41(59)27-14-25-26(15-28(27)42(51)60)38(56)49(37(25)55)16-17-4-2-1-3-5-17/h6-9,12-15,17H,1-5,10-11,16H2. The lowest BCUT2D eigenvalue weighted by atomic mass is 9.89. The van der Waals surface area contributed by atoms with Crippen LogP contribution in [0.25, 0.3) is 21.5 Å². The van der Waals surface area contributed by atoms with Gasteiger partial charge in [-0.3, -0.25) is 52.6 Å². The molecule has 18 heteroatoms. The van der Waals surface area contributed by atoms with Crippen molar-refractivity contribution in [3.8, 4) is 0 Å². The normalized spacial score (nSPS) is 15.6. The second-order valence-electron chi connectivity index (χ2n) is 14.9. The van der Waals surface area contributed by atoms with Gasteiger partial charge in [-0.15, -0.1) is 0 Å². The van der Waals surface area contributed by atoms with Gasteiger partial charge in [0.15, 0.2) is 29.1 Å². The van der Waals surface area contributed by atoms with Gasteiger partial charge in [-0.25, -0.2) is 22.0 Å². The summed E-state index contributed by atoms with van der Waals surface area (Å²) in [5, 5.41) is -0.468. The van der Waals surface area contributed by atoms with E-state index in [9.17, 15) is 65.1 Å². The number of fused-ring (bicyclic) bond motifs is 4. The summed E-state index contributed by atoms with van der Waals surface area (Å²) in [6.45, 7) is -0.579. The molecule has 0 atom stereocenters. The van der Waals surface area contributed by atoms with E-state index >= 15 is 0 Å². The van der Waals surface area contributed by atoms with Gasteiger partial charge < -0.3 is 0 Å². The molecule has 0 unspecified atom stereocenters. The molecule has 1 aliphatic carbocycles. The van der Waals surface area contributed by atoms with Crippen LogP contribution in [0.15, 0.2) is 67.7 Å². The molecule has 1 fully saturated rings. The predicted octanol–water partition coefficient (Wildman–Crippen LogP) is 4.19. The van der Waals surface area contributed by atoms with Crippen LogP contribution in [-0.4, -0.2) is 50.1 Å². The Bertz CT molecular complexity index is 3120. The Kier molecular flexibility index (Phi) is 8.73. The second-order valence-corrected chi connectivity index (χ2v) is 14.9. The lowest BCUT2D eigenvalue weighted by Crippen LogP contribution is -2.49. The van der Waals surface area contributed by atoms with Gasteiger partial charge in [0.1, 0.15) is 0 Å². The van der Waals surface area contributed by atoms with Crippen LogP contribution >= 0.6 is 0 Å². The molecule has 302 valence electrons. The number of imide groups is 2. The smallest absolute Gasteiger partial charge is 0.281 e. The highest BCUT2D eigenvalue weighted by atomic mass is 19.2. The van der Waals surface area contributed by atoms with Gasteiger partial charge in [-0.2, -0.15) is 9.69 Å². The van der Waals surface area contributed by atoms with E-state index in [0.29, 0.717) is 14.6 Å². The molecule has 0 spiro atoms. The average molecular weight is 825 g/mol. The summed E-state index contributed by atoms with van der Waals surface area (Å²) in [4.78, 5) is 122. The van der Waals surface area contributed by atoms with E-state index in [1.165, 1.54) is 0 Å². The Morgan fingerprint density at radius 1 is 0.533 bits per heavy atom. The molecule has 4 heterocycles. The zero-order valence-electron chi connectivity index (χ0n) is 30.7. The number of halogens is 5. The highest BCUT2D eigenvalue weighted by Crippen LogP contribution is 2.30. The Hall–Kier alpha value is -7.24. The van der Waals surface area contributed by atoms with Gasteiger partial charge in [0.25, 0.3) is 45.9 Å². The first kappa shape index (κ1) is 38.3. The van der Waals surface area contributed by atoms with Gasteiger partial charge in [0.05, 0.1) is 43.8 Å². The summed E-state index contributed by atoms with van der Waals surface area (Å²) in [5.74, 6) is -15.9. The summed E-state index contributed by atoms with van der Waals surface area (Å²) >= 11 is 0. The summed E-state index contributed by atoms with van der Waals surface area (Å²) in [7, 11) is 0. The Morgan fingerprint density at radius 3 is 1.53 bits per heavy atom. The zero-order chi connectivity index (χ0) is 42.6. The first-order valence-electron chi connectivity index (χ1n) is 18.6. The number of aromatic nitrogens is 2. The third-order valence-corrected chi connectivity index (χ3v) is 11.6. The number of hydrogen-bond acceptors (Lipinski definition) is 9. The topological polar surface area (TPSA) is 170 Å². The van der Waals surface area contributed by atoms with Gasteiger partial charge in [0.2, 0.25) is 5.82 Å². The molecule has 3 aliphatic rings. The van der Waals surface area contributed by atoms with Crippen LogP contribution in [-0.2, 0) is 13.0 Å². The summed E-state index contributed by atoms with van der Waals surface area (Å²) < 4.78 is 70.8. The largest absolute Gasteiger partial charge is 0.289 e. The number of benzene rings is 4. The van der Waals surface area contributed by atoms with Crippen molar-refractivity contribution in [2.24, 2.45) is 5.92 Å². The highest BCUT2D eigenvalue weighted by Gasteiger charge is 2.41. The summed E-state index contributed by atoms with van der Waals surface area (Å²) in [5.41, 5.74) is -6.29. The minimum atomic E-state index is -2.37. The molecular formula is C42H25F5N4O9. The van der Waals surface area contributed by atoms with Crippen molar-refractivity contribution in [1.82, 2.24) is 14.1 Å². The molecule has 0 saturated heterocycles.